The highest BCUT2D eigenvalue weighted by molar-refractivity contribution is 5.94. The van der Waals surface area contributed by atoms with E-state index in [-0.39, 0.29) is 5.91 Å². The highest BCUT2D eigenvalue weighted by Gasteiger charge is 2.12. The minimum atomic E-state index is -0.120. The number of nitrogens with zero attached hydrogens (tertiary/aromatic N) is 2. The molecule has 0 unspecified atom stereocenters. The van der Waals surface area contributed by atoms with Crippen LogP contribution in [0, 0.1) is 13.8 Å². The van der Waals surface area contributed by atoms with Crippen molar-refractivity contribution >= 4 is 17.3 Å². The van der Waals surface area contributed by atoms with Gasteiger partial charge in [0.05, 0.1) is 17.4 Å². The van der Waals surface area contributed by atoms with Crippen LogP contribution in [0.5, 0.6) is 0 Å². The highest BCUT2D eigenvalue weighted by atomic mass is 16.1. The van der Waals surface area contributed by atoms with Crippen molar-refractivity contribution in [1.29, 1.82) is 0 Å². The van der Waals surface area contributed by atoms with Crippen LogP contribution in [0.25, 0.3) is 0 Å². The Morgan fingerprint density at radius 2 is 1.74 bits per heavy atom. The molecule has 0 bridgehead atoms. The van der Waals surface area contributed by atoms with E-state index >= 15 is 0 Å². The normalized spacial score (nSPS) is 10.5. The van der Waals surface area contributed by atoms with Crippen LogP contribution >= 0.6 is 0 Å². The predicted molar refractivity (Wildman–Crippen MR) is 110 cm³/mol. The molecule has 138 valence electrons. The van der Waals surface area contributed by atoms with Crippen molar-refractivity contribution in [2.45, 2.75) is 27.3 Å². The first-order valence-corrected chi connectivity index (χ1v) is 9.20. The SMILES string of the molecule is CCN(c1cccc(C)c1)c1cncc(C(=O)NCc2ccc(C)cc2)c1. The van der Waals surface area contributed by atoms with Gasteiger partial charge in [-0.25, -0.2) is 0 Å². The topological polar surface area (TPSA) is 45.2 Å². The molecular formula is C23H25N3O. The fraction of sp³-hybridized carbons (Fsp3) is 0.217. The lowest BCUT2D eigenvalue weighted by Gasteiger charge is -2.23. The maximum absolute atomic E-state index is 12.6. The minimum Gasteiger partial charge on any atom is -0.348 e. The van der Waals surface area contributed by atoms with Crippen LogP contribution in [0.1, 0.15) is 34.0 Å². The van der Waals surface area contributed by atoms with Gasteiger partial charge in [-0.2, -0.15) is 0 Å². The number of amides is 1. The number of aromatic nitrogens is 1. The lowest BCUT2D eigenvalue weighted by molar-refractivity contribution is 0.0950. The second kappa shape index (κ2) is 8.49. The average Bonchev–Trinajstić information content (AvgIpc) is 2.68. The van der Waals surface area contributed by atoms with Crippen LogP contribution in [0.2, 0.25) is 0 Å². The van der Waals surface area contributed by atoms with Gasteiger partial charge in [0.15, 0.2) is 0 Å². The molecule has 0 aliphatic rings. The van der Waals surface area contributed by atoms with E-state index in [9.17, 15) is 4.79 Å². The molecule has 4 heteroatoms. The molecule has 2 aromatic carbocycles. The van der Waals surface area contributed by atoms with E-state index in [1.165, 1.54) is 11.1 Å². The van der Waals surface area contributed by atoms with E-state index in [1.54, 1.807) is 12.4 Å². The van der Waals surface area contributed by atoms with E-state index in [1.807, 2.05) is 43.3 Å². The summed E-state index contributed by atoms with van der Waals surface area (Å²) in [5, 5.41) is 2.97. The van der Waals surface area contributed by atoms with Gasteiger partial charge in [-0.15, -0.1) is 0 Å². The van der Waals surface area contributed by atoms with Crippen LogP contribution < -0.4 is 10.2 Å². The molecule has 0 aliphatic carbocycles. The third kappa shape index (κ3) is 4.73. The summed E-state index contributed by atoms with van der Waals surface area (Å²) < 4.78 is 0. The van der Waals surface area contributed by atoms with Gasteiger partial charge in [0, 0.05) is 25.0 Å². The lowest BCUT2D eigenvalue weighted by Crippen LogP contribution is -2.24. The fourth-order valence-corrected chi connectivity index (χ4v) is 3.00. The van der Waals surface area contributed by atoms with Crippen LogP contribution in [0.4, 0.5) is 11.4 Å². The average molecular weight is 359 g/mol. The molecule has 1 heterocycles. The van der Waals surface area contributed by atoms with E-state index in [2.05, 4.69) is 47.2 Å². The zero-order valence-corrected chi connectivity index (χ0v) is 16.1. The first-order valence-electron chi connectivity index (χ1n) is 9.20. The number of benzene rings is 2. The third-order valence-corrected chi connectivity index (χ3v) is 4.50. The van der Waals surface area contributed by atoms with Crippen LogP contribution in [-0.2, 0) is 6.54 Å². The van der Waals surface area contributed by atoms with Crippen molar-refractivity contribution in [1.82, 2.24) is 10.3 Å². The molecule has 3 rings (SSSR count). The Labute approximate surface area is 160 Å². The molecule has 1 N–H and O–H groups in total. The van der Waals surface area contributed by atoms with Gasteiger partial charge in [0.2, 0.25) is 0 Å². The van der Waals surface area contributed by atoms with Gasteiger partial charge >= 0.3 is 0 Å². The van der Waals surface area contributed by atoms with Crippen LogP contribution in [0.3, 0.4) is 0 Å². The summed E-state index contributed by atoms with van der Waals surface area (Å²) >= 11 is 0. The smallest absolute Gasteiger partial charge is 0.253 e. The Balaban J connectivity index is 1.75. The summed E-state index contributed by atoms with van der Waals surface area (Å²) in [7, 11) is 0. The number of pyridine rings is 1. The standard InChI is InChI=1S/C23H25N3O/c1-4-26(21-7-5-6-18(3)12-21)22-13-20(15-24-16-22)23(27)25-14-19-10-8-17(2)9-11-19/h5-13,15-16H,4,14H2,1-3H3,(H,25,27). The fourth-order valence-electron chi connectivity index (χ4n) is 3.00. The van der Waals surface area contributed by atoms with Gasteiger partial charge in [-0.05, 0) is 50.1 Å². The first-order chi connectivity index (χ1) is 13.1. The number of carbonyl (C=O) groups is 1. The van der Waals surface area contributed by atoms with Crippen LogP contribution in [0.15, 0.2) is 67.0 Å². The molecule has 0 radical (unpaired) electrons. The molecule has 1 aromatic heterocycles. The van der Waals surface area contributed by atoms with Crippen molar-refractivity contribution < 1.29 is 4.79 Å². The summed E-state index contributed by atoms with van der Waals surface area (Å²) in [6.07, 6.45) is 3.40. The van der Waals surface area contributed by atoms with Crippen molar-refractivity contribution in [3.63, 3.8) is 0 Å². The second-order valence-corrected chi connectivity index (χ2v) is 6.68. The number of anilines is 2. The zero-order chi connectivity index (χ0) is 19.2. The monoisotopic (exact) mass is 359 g/mol. The molecule has 0 atom stereocenters. The van der Waals surface area contributed by atoms with Crippen molar-refractivity contribution in [2.24, 2.45) is 0 Å². The van der Waals surface area contributed by atoms with Gasteiger partial charge in [-0.1, -0.05) is 42.0 Å². The third-order valence-electron chi connectivity index (χ3n) is 4.50. The van der Waals surface area contributed by atoms with Gasteiger partial charge in [0.25, 0.3) is 5.91 Å². The molecule has 27 heavy (non-hydrogen) atoms. The molecule has 4 nitrogen and oxygen atoms in total. The van der Waals surface area contributed by atoms with E-state index in [4.69, 9.17) is 0 Å². The predicted octanol–water partition coefficient (Wildman–Crippen LogP) is 4.79. The van der Waals surface area contributed by atoms with E-state index in [0.29, 0.717) is 12.1 Å². The molecule has 0 saturated carbocycles. The first kappa shape index (κ1) is 18.6. The van der Waals surface area contributed by atoms with Crippen molar-refractivity contribution in [3.05, 3.63) is 89.2 Å². The molecular weight excluding hydrogens is 334 g/mol. The van der Waals surface area contributed by atoms with Crippen molar-refractivity contribution in [3.8, 4) is 0 Å². The van der Waals surface area contributed by atoms with Gasteiger partial charge in [0.1, 0.15) is 0 Å². The Morgan fingerprint density at radius 1 is 0.963 bits per heavy atom. The number of aryl methyl sites for hydroxylation is 2. The Bertz CT molecular complexity index is 919. The molecule has 1 amide bonds. The molecule has 3 aromatic rings. The van der Waals surface area contributed by atoms with E-state index in [0.717, 1.165) is 23.5 Å². The molecule has 0 saturated heterocycles. The number of hydrogen-bond donors (Lipinski definition) is 1. The molecule has 0 fully saturated rings. The van der Waals surface area contributed by atoms with Crippen molar-refractivity contribution in [2.75, 3.05) is 11.4 Å². The minimum absolute atomic E-state index is 0.120. The Morgan fingerprint density at radius 3 is 2.44 bits per heavy atom. The Hall–Kier alpha value is -3.14. The summed E-state index contributed by atoms with van der Waals surface area (Å²) in [6.45, 7) is 7.50. The van der Waals surface area contributed by atoms with Gasteiger partial charge in [-0.3, -0.25) is 9.78 Å². The zero-order valence-electron chi connectivity index (χ0n) is 16.1. The molecule has 0 aliphatic heterocycles. The summed E-state index contributed by atoms with van der Waals surface area (Å²) in [4.78, 5) is 19.0. The van der Waals surface area contributed by atoms with E-state index < -0.39 is 0 Å². The maximum Gasteiger partial charge on any atom is 0.253 e. The highest BCUT2D eigenvalue weighted by Crippen LogP contribution is 2.25. The number of nitrogens with one attached hydrogen (secondary N) is 1. The quantitative estimate of drug-likeness (QED) is 0.688. The summed E-state index contributed by atoms with van der Waals surface area (Å²) in [6, 6.07) is 18.4. The lowest BCUT2D eigenvalue weighted by atomic mass is 10.1. The second-order valence-electron chi connectivity index (χ2n) is 6.68. The number of rotatable bonds is 6. The summed E-state index contributed by atoms with van der Waals surface area (Å²) in [5.41, 5.74) is 6.05. The Kier molecular flexibility index (Phi) is 5.87. The molecule has 0 spiro atoms. The summed E-state index contributed by atoms with van der Waals surface area (Å²) in [5.74, 6) is -0.120. The number of hydrogen-bond acceptors (Lipinski definition) is 3. The largest absolute Gasteiger partial charge is 0.348 e. The van der Waals surface area contributed by atoms with Crippen LogP contribution in [-0.4, -0.2) is 17.4 Å². The maximum atomic E-state index is 12.6. The van der Waals surface area contributed by atoms with Gasteiger partial charge < -0.3 is 10.2 Å². The number of carbonyl (C=O) groups excluding carboxylic acids is 1.